The van der Waals surface area contributed by atoms with E-state index in [2.05, 4.69) is 52.7 Å². The van der Waals surface area contributed by atoms with Gasteiger partial charge in [-0.2, -0.15) is 0 Å². The van der Waals surface area contributed by atoms with Crippen molar-refractivity contribution in [1.82, 2.24) is 14.8 Å². The molecule has 0 N–H and O–H groups in total. The number of ether oxygens (including phenoxy) is 1. The number of hydrogen-bond acceptors (Lipinski definition) is 4. The normalized spacial score (nSPS) is 12.3. The number of halogens is 1. The third-order valence-corrected chi connectivity index (χ3v) is 6.24. The van der Waals surface area contributed by atoms with Gasteiger partial charge in [-0.1, -0.05) is 71.9 Å². The van der Waals surface area contributed by atoms with E-state index in [9.17, 15) is 0 Å². The minimum Gasteiger partial charge on any atom is -0.481 e. The van der Waals surface area contributed by atoms with Crippen LogP contribution in [0.25, 0.3) is 10.8 Å². The SMILES string of the molecule is Cc1ccc(Cl)c(OC(C)c2nnc(SCc3cccc4ccccc34)n2C)c1. The van der Waals surface area contributed by atoms with Crippen LogP contribution in [0.3, 0.4) is 0 Å². The first-order valence-electron chi connectivity index (χ1n) is 9.44. The van der Waals surface area contributed by atoms with E-state index >= 15 is 0 Å². The van der Waals surface area contributed by atoms with Gasteiger partial charge >= 0.3 is 0 Å². The summed E-state index contributed by atoms with van der Waals surface area (Å²) in [5.74, 6) is 2.25. The average molecular weight is 424 g/mol. The summed E-state index contributed by atoms with van der Waals surface area (Å²) in [5.41, 5.74) is 2.38. The number of hydrogen-bond donors (Lipinski definition) is 0. The lowest BCUT2D eigenvalue weighted by Gasteiger charge is -2.15. The van der Waals surface area contributed by atoms with Gasteiger partial charge in [-0.25, -0.2) is 0 Å². The van der Waals surface area contributed by atoms with Gasteiger partial charge in [-0.15, -0.1) is 10.2 Å². The van der Waals surface area contributed by atoms with Gasteiger partial charge in [0.1, 0.15) is 5.75 Å². The Balaban J connectivity index is 1.50. The Morgan fingerprint density at radius 3 is 2.72 bits per heavy atom. The third kappa shape index (κ3) is 4.26. The molecule has 4 nitrogen and oxygen atoms in total. The third-order valence-electron chi connectivity index (χ3n) is 4.86. The molecule has 0 aliphatic heterocycles. The van der Waals surface area contributed by atoms with Crippen LogP contribution in [0.5, 0.6) is 5.75 Å². The molecule has 1 atom stereocenters. The number of aromatic nitrogens is 3. The molecule has 3 aromatic carbocycles. The van der Waals surface area contributed by atoms with Gasteiger partial charge in [-0.3, -0.25) is 0 Å². The van der Waals surface area contributed by atoms with Crippen molar-refractivity contribution in [2.45, 2.75) is 30.9 Å². The standard InChI is InChI=1S/C23H22ClN3OS/c1-15-11-12-20(24)21(13-15)28-16(2)22-25-26-23(27(22)3)29-14-18-9-6-8-17-7-4-5-10-19(17)18/h4-13,16H,14H2,1-3H3. The molecule has 0 bridgehead atoms. The van der Waals surface area contributed by atoms with Gasteiger partial charge in [0.15, 0.2) is 17.1 Å². The van der Waals surface area contributed by atoms with E-state index in [0.29, 0.717) is 10.8 Å². The van der Waals surface area contributed by atoms with Crippen LogP contribution in [0.2, 0.25) is 5.02 Å². The molecule has 0 aliphatic rings. The molecule has 148 valence electrons. The number of aryl methyl sites for hydroxylation is 1. The van der Waals surface area contributed by atoms with Crippen LogP contribution in [0.1, 0.15) is 30.0 Å². The van der Waals surface area contributed by atoms with Crippen molar-refractivity contribution in [3.63, 3.8) is 0 Å². The highest BCUT2D eigenvalue weighted by atomic mass is 35.5. The predicted octanol–water partition coefficient (Wildman–Crippen LogP) is 6.36. The molecule has 1 heterocycles. The van der Waals surface area contributed by atoms with Crippen LogP contribution in [-0.2, 0) is 12.8 Å². The minimum absolute atomic E-state index is 0.265. The fourth-order valence-corrected chi connectivity index (χ4v) is 4.39. The topological polar surface area (TPSA) is 39.9 Å². The number of fused-ring (bicyclic) bond motifs is 1. The molecule has 4 rings (SSSR count). The minimum atomic E-state index is -0.265. The summed E-state index contributed by atoms with van der Waals surface area (Å²) < 4.78 is 8.05. The van der Waals surface area contributed by atoms with Crippen LogP contribution in [0.4, 0.5) is 0 Å². The average Bonchev–Trinajstić information content (AvgIpc) is 3.09. The summed E-state index contributed by atoms with van der Waals surface area (Å²) in [4.78, 5) is 0. The summed E-state index contributed by atoms with van der Waals surface area (Å²) >= 11 is 7.94. The molecule has 0 fully saturated rings. The molecular formula is C23H22ClN3OS. The maximum Gasteiger partial charge on any atom is 0.191 e. The number of nitrogens with zero attached hydrogens (tertiary/aromatic N) is 3. The lowest BCUT2D eigenvalue weighted by molar-refractivity contribution is 0.211. The van der Waals surface area contributed by atoms with Crippen molar-refractivity contribution < 1.29 is 4.74 Å². The Bertz CT molecular complexity index is 1150. The van der Waals surface area contributed by atoms with Crippen molar-refractivity contribution >= 4 is 34.1 Å². The van der Waals surface area contributed by atoms with E-state index in [-0.39, 0.29) is 6.10 Å². The second-order valence-corrected chi connectivity index (χ2v) is 8.37. The highest BCUT2D eigenvalue weighted by Crippen LogP contribution is 2.31. The van der Waals surface area contributed by atoms with E-state index in [4.69, 9.17) is 16.3 Å². The van der Waals surface area contributed by atoms with Crippen LogP contribution in [0, 0.1) is 6.92 Å². The molecule has 0 saturated heterocycles. The molecule has 1 unspecified atom stereocenters. The van der Waals surface area contributed by atoms with Crippen molar-refractivity contribution in [2.75, 3.05) is 0 Å². The monoisotopic (exact) mass is 423 g/mol. The fraction of sp³-hybridized carbons (Fsp3) is 0.217. The fourth-order valence-electron chi connectivity index (χ4n) is 3.31. The lowest BCUT2D eigenvalue weighted by Crippen LogP contribution is -2.10. The highest BCUT2D eigenvalue weighted by Gasteiger charge is 2.18. The first-order valence-corrected chi connectivity index (χ1v) is 10.8. The maximum atomic E-state index is 6.27. The van der Waals surface area contributed by atoms with Crippen molar-refractivity contribution in [3.05, 3.63) is 82.6 Å². The molecule has 0 spiro atoms. The summed E-state index contributed by atoms with van der Waals surface area (Å²) in [5, 5.41) is 12.7. The smallest absolute Gasteiger partial charge is 0.191 e. The van der Waals surface area contributed by atoms with E-state index in [1.54, 1.807) is 11.8 Å². The molecular weight excluding hydrogens is 402 g/mol. The molecule has 0 aliphatic carbocycles. The predicted molar refractivity (Wildman–Crippen MR) is 120 cm³/mol. The summed E-state index contributed by atoms with van der Waals surface area (Å²) in [6.07, 6.45) is -0.265. The maximum absolute atomic E-state index is 6.27. The number of benzene rings is 3. The quantitative estimate of drug-likeness (QED) is 0.338. The van der Waals surface area contributed by atoms with E-state index in [0.717, 1.165) is 22.3 Å². The second kappa shape index (κ2) is 8.47. The Labute approximate surface area is 179 Å². The first kappa shape index (κ1) is 19.8. The van der Waals surface area contributed by atoms with Gasteiger partial charge in [0, 0.05) is 12.8 Å². The lowest BCUT2D eigenvalue weighted by atomic mass is 10.1. The van der Waals surface area contributed by atoms with E-state index in [1.165, 1.54) is 16.3 Å². The zero-order valence-electron chi connectivity index (χ0n) is 16.6. The van der Waals surface area contributed by atoms with Crippen LogP contribution < -0.4 is 4.74 Å². The van der Waals surface area contributed by atoms with Crippen LogP contribution >= 0.6 is 23.4 Å². The van der Waals surface area contributed by atoms with Crippen LogP contribution in [-0.4, -0.2) is 14.8 Å². The van der Waals surface area contributed by atoms with Crippen LogP contribution in [0.15, 0.2) is 65.8 Å². The molecule has 6 heteroatoms. The van der Waals surface area contributed by atoms with E-state index < -0.39 is 0 Å². The van der Waals surface area contributed by atoms with Crippen molar-refractivity contribution in [2.24, 2.45) is 7.05 Å². The number of thioether (sulfide) groups is 1. The zero-order chi connectivity index (χ0) is 20.4. The van der Waals surface area contributed by atoms with Gasteiger partial charge in [0.05, 0.1) is 5.02 Å². The zero-order valence-corrected chi connectivity index (χ0v) is 18.2. The molecule has 0 radical (unpaired) electrons. The van der Waals surface area contributed by atoms with Gasteiger partial charge < -0.3 is 9.30 Å². The summed E-state index contributed by atoms with van der Waals surface area (Å²) in [6, 6.07) is 20.6. The Hall–Kier alpha value is -2.50. The van der Waals surface area contributed by atoms with Crippen molar-refractivity contribution in [3.8, 4) is 5.75 Å². The number of rotatable bonds is 6. The van der Waals surface area contributed by atoms with Gasteiger partial charge in [0.2, 0.25) is 0 Å². The molecule has 1 aromatic heterocycles. The Kier molecular flexibility index (Phi) is 5.79. The first-order chi connectivity index (χ1) is 14.0. The molecule has 0 saturated carbocycles. The van der Waals surface area contributed by atoms with Crippen molar-refractivity contribution in [1.29, 1.82) is 0 Å². The highest BCUT2D eigenvalue weighted by molar-refractivity contribution is 7.98. The van der Waals surface area contributed by atoms with Gasteiger partial charge in [0.25, 0.3) is 0 Å². The Morgan fingerprint density at radius 1 is 1.07 bits per heavy atom. The molecule has 29 heavy (non-hydrogen) atoms. The summed E-state index contributed by atoms with van der Waals surface area (Å²) in [6.45, 7) is 3.97. The van der Waals surface area contributed by atoms with E-state index in [1.807, 2.05) is 43.7 Å². The Morgan fingerprint density at radius 2 is 1.86 bits per heavy atom. The van der Waals surface area contributed by atoms with Gasteiger partial charge in [-0.05, 0) is 47.9 Å². The second-order valence-electron chi connectivity index (χ2n) is 7.02. The molecule has 0 amide bonds. The molecule has 4 aromatic rings. The summed E-state index contributed by atoms with van der Waals surface area (Å²) in [7, 11) is 1.97. The largest absolute Gasteiger partial charge is 0.481 e.